The van der Waals surface area contributed by atoms with Crippen molar-refractivity contribution < 1.29 is 0 Å². The Balaban J connectivity index is 3.64. The smallest absolute Gasteiger partial charge is 0.147 e. The lowest BCUT2D eigenvalue weighted by Crippen LogP contribution is -2.34. The van der Waals surface area contributed by atoms with Crippen LogP contribution in [0.1, 0.15) is 0 Å². The minimum absolute atomic E-state index is 0.579. The molecule has 0 unspecified atom stereocenters. The lowest BCUT2D eigenvalue weighted by atomic mass is 11.0. The Morgan fingerprint density at radius 1 is 1.38 bits per heavy atom. The molecule has 0 aromatic heterocycles. The Labute approximate surface area is 60.8 Å². The van der Waals surface area contributed by atoms with Crippen molar-refractivity contribution in [1.29, 1.82) is 0 Å². The molecule has 2 nitrogen and oxygen atoms in total. The number of hydrogen-bond donors (Lipinski definition) is 1. The molecule has 0 aliphatic rings. The van der Waals surface area contributed by atoms with Crippen molar-refractivity contribution in [2.45, 2.75) is 0 Å². The third kappa shape index (κ3) is 2.49. The monoisotopic (exact) mass is 150 g/mol. The molecule has 0 aromatic rings. The molecular weight excluding hydrogens is 140 g/mol. The number of hydrogen-bond acceptors (Lipinski definition) is 2. The van der Waals surface area contributed by atoms with Crippen molar-refractivity contribution in [1.82, 2.24) is 10.0 Å². The van der Waals surface area contributed by atoms with E-state index >= 15 is 0 Å². The van der Waals surface area contributed by atoms with E-state index in [9.17, 15) is 0 Å². The Hall–Kier alpha value is 0.200. The van der Waals surface area contributed by atoms with E-state index in [4.69, 9.17) is 12.2 Å². The van der Waals surface area contributed by atoms with Gasteiger partial charge in [0, 0.05) is 21.1 Å². The molecule has 0 saturated heterocycles. The van der Waals surface area contributed by atoms with Crippen LogP contribution in [0.4, 0.5) is 0 Å². The Kier molecular flexibility index (Phi) is 3.35. The zero-order valence-corrected chi connectivity index (χ0v) is 6.96. The zero-order chi connectivity index (χ0) is 6.73. The maximum atomic E-state index is 4.74. The van der Waals surface area contributed by atoms with Crippen LogP contribution in [-0.2, 0) is 0 Å². The van der Waals surface area contributed by atoms with E-state index < -0.39 is 0 Å². The van der Waals surface area contributed by atoms with Gasteiger partial charge in [-0.25, -0.2) is 5.01 Å². The highest BCUT2D eigenvalue weighted by Crippen LogP contribution is 1.92. The highest BCUT2D eigenvalue weighted by molar-refractivity contribution is 8.10. The summed E-state index contributed by atoms with van der Waals surface area (Å²) in [5.74, 6) is 0. The molecule has 0 bridgehead atoms. The molecule has 0 saturated carbocycles. The maximum Gasteiger partial charge on any atom is 0.147 e. The van der Waals surface area contributed by atoms with Crippen molar-refractivity contribution in [3.8, 4) is 0 Å². The quantitative estimate of drug-likeness (QED) is 0.333. The second-order valence-corrected chi connectivity index (χ2v) is 2.77. The van der Waals surface area contributed by atoms with E-state index in [-0.39, 0.29) is 0 Å². The number of rotatable bonds is 1. The third-order valence-electron chi connectivity index (χ3n) is 0.877. The topological polar surface area (TPSA) is 6.48 Å². The average Bonchev–Trinajstić information content (AvgIpc) is 1.64. The third-order valence-corrected chi connectivity index (χ3v) is 1.43. The molecule has 0 amide bonds. The number of hydrazine groups is 1. The largest absolute Gasteiger partial charge is 0.294 e. The summed E-state index contributed by atoms with van der Waals surface area (Å²) in [5, 5.41) is 3.62. The first-order chi connectivity index (χ1) is 3.55. The second kappa shape index (κ2) is 3.27. The summed E-state index contributed by atoms with van der Waals surface area (Å²) < 4.78 is 0.579. The minimum atomic E-state index is 0.579. The van der Waals surface area contributed by atoms with Gasteiger partial charge in [-0.1, -0.05) is 12.2 Å². The zero-order valence-electron chi connectivity index (χ0n) is 5.25. The molecule has 0 rings (SSSR count). The average molecular weight is 150 g/mol. The second-order valence-electron chi connectivity index (χ2n) is 1.65. The van der Waals surface area contributed by atoms with Gasteiger partial charge in [0.15, 0.2) is 0 Å². The predicted molar refractivity (Wildman–Crippen MR) is 43.0 cm³/mol. The Bertz CT molecular complexity index is 92.0. The summed E-state index contributed by atoms with van der Waals surface area (Å²) in [4.78, 5) is 0. The van der Waals surface area contributed by atoms with Crippen LogP contribution in [0.5, 0.6) is 0 Å². The molecule has 4 heteroatoms. The van der Waals surface area contributed by atoms with E-state index in [1.54, 1.807) is 5.01 Å². The molecule has 48 valence electrons. The number of thiol groups is 1. The normalized spacial score (nSPS) is 9.62. The molecule has 0 atom stereocenters. The van der Waals surface area contributed by atoms with Gasteiger partial charge in [-0.05, 0) is 0 Å². The minimum Gasteiger partial charge on any atom is -0.294 e. The number of nitrogens with zero attached hydrogens (tertiary/aromatic N) is 2. The molecule has 0 radical (unpaired) electrons. The van der Waals surface area contributed by atoms with Crippen LogP contribution in [0.2, 0.25) is 0 Å². The fraction of sp³-hybridized carbons (Fsp3) is 0.750. The Morgan fingerprint density at radius 2 is 1.75 bits per heavy atom. The maximum absolute atomic E-state index is 4.74. The SMILES string of the molecule is CN(C)N(C)C(=S)S. The molecule has 0 aromatic carbocycles. The van der Waals surface area contributed by atoms with Gasteiger partial charge in [0.05, 0.1) is 0 Å². The van der Waals surface area contributed by atoms with Crippen LogP contribution in [0.25, 0.3) is 0 Å². The molecule has 8 heavy (non-hydrogen) atoms. The standard InChI is InChI=1S/C4H10N2S2/c1-5(2)6(3)4(7)8/h1-3H3,(H,7,8). The van der Waals surface area contributed by atoms with Gasteiger partial charge in [-0.15, -0.1) is 12.6 Å². The van der Waals surface area contributed by atoms with Crippen molar-refractivity contribution in [3.63, 3.8) is 0 Å². The summed E-state index contributed by atoms with van der Waals surface area (Å²) in [6, 6.07) is 0. The first-order valence-corrected chi connectivity index (χ1v) is 3.05. The van der Waals surface area contributed by atoms with Gasteiger partial charge < -0.3 is 0 Å². The summed E-state index contributed by atoms with van der Waals surface area (Å²) in [5.41, 5.74) is 0. The fourth-order valence-electron chi connectivity index (χ4n) is 0.171. The fourth-order valence-corrected chi connectivity index (χ4v) is 0.513. The van der Waals surface area contributed by atoms with Crippen LogP contribution < -0.4 is 0 Å². The van der Waals surface area contributed by atoms with E-state index in [1.165, 1.54) is 0 Å². The first-order valence-electron chi connectivity index (χ1n) is 2.19. The molecule has 0 fully saturated rings. The molecule has 0 heterocycles. The van der Waals surface area contributed by atoms with Gasteiger partial charge in [0.2, 0.25) is 0 Å². The van der Waals surface area contributed by atoms with Crippen LogP contribution in [0, 0.1) is 0 Å². The van der Waals surface area contributed by atoms with Crippen molar-refractivity contribution in [2.75, 3.05) is 21.1 Å². The predicted octanol–water partition coefficient (Wildman–Crippen LogP) is 0.609. The lowest BCUT2D eigenvalue weighted by Gasteiger charge is -2.23. The number of thiocarbonyl (C=S) groups is 1. The van der Waals surface area contributed by atoms with Gasteiger partial charge in [0.1, 0.15) is 4.32 Å². The molecule has 0 aliphatic carbocycles. The first kappa shape index (κ1) is 8.20. The van der Waals surface area contributed by atoms with Crippen LogP contribution in [-0.4, -0.2) is 35.5 Å². The van der Waals surface area contributed by atoms with Gasteiger partial charge >= 0.3 is 0 Å². The van der Waals surface area contributed by atoms with Gasteiger partial charge in [-0.2, -0.15) is 0 Å². The summed E-state index contributed by atoms with van der Waals surface area (Å²) in [6.45, 7) is 0. The van der Waals surface area contributed by atoms with Crippen LogP contribution in [0.15, 0.2) is 0 Å². The van der Waals surface area contributed by atoms with Crippen LogP contribution >= 0.6 is 24.8 Å². The van der Waals surface area contributed by atoms with E-state index in [2.05, 4.69) is 12.6 Å². The molecule has 0 aliphatic heterocycles. The lowest BCUT2D eigenvalue weighted by molar-refractivity contribution is 0.152. The summed E-state index contributed by atoms with van der Waals surface area (Å²) >= 11 is 8.69. The van der Waals surface area contributed by atoms with E-state index in [0.717, 1.165) is 0 Å². The highest BCUT2D eigenvalue weighted by atomic mass is 32.1. The molecule has 0 spiro atoms. The van der Waals surface area contributed by atoms with Crippen LogP contribution in [0.3, 0.4) is 0 Å². The van der Waals surface area contributed by atoms with E-state index in [1.807, 2.05) is 26.2 Å². The molecule has 0 N–H and O–H groups in total. The van der Waals surface area contributed by atoms with E-state index in [0.29, 0.717) is 4.32 Å². The molecular formula is C4H10N2S2. The van der Waals surface area contributed by atoms with Crippen molar-refractivity contribution >= 4 is 29.2 Å². The van der Waals surface area contributed by atoms with Gasteiger partial charge in [-0.3, -0.25) is 5.01 Å². The van der Waals surface area contributed by atoms with Gasteiger partial charge in [0.25, 0.3) is 0 Å². The Morgan fingerprint density at radius 3 is 1.75 bits per heavy atom. The highest BCUT2D eigenvalue weighted by Gasteiger charge is 1.98. The summed E-state index contributed by atoms with van der Waals surface area (Å²) in [6.07, 6.45) is 0. The van der Waals surface area contributed by atoms with Crippen molar-refractivity contribution in [3.05, 3.63) is 0 Å². The van der Waals surface area contributed by atoms with Crippen molar-refractivity contribution in [2.24, 2.45) is 0 Å². The summed E-state index contributed by atoms with van der Waals surface area (Å²) in [7, 11) is 5.67.